The van der Waals surface area contributed by atoms with Crippen molar-refractivity contribution in [1.29, 1.82) is 0 Å². The summed E-state index contributed by atoms with van der Waals surface area (Å²) in [6, 6.07) is 18.1. The summed E-state index contributed by atoms with van der Waals surface area (Å²) in [6.45, 7) is 0.438. The van der Waals surface area contributed by atoms with Crippen molar-refractivity contribution in [2.24, 2.45) is 5.92 Å². The molecular weight excluding hydrogens is 436 g/mol. The van der Waals surface area contributed by atoms with Crippen LogP contribution in [0.2, 0.25) is 0 Å². The van der Waals surface area contributed by atoms with E-state index >= 15 is 0 Å². The predicted molar refractivity (Wildman–Crippen MR) is 112 cm³/mol. The molecule has 1 aliphatic heterocycles. The molecule has 3 amide bonds. The van der Waals surface area contributed by atoms with E-state index in [1.165, 1.54) is 0 Å². The van der Waals surface area contributed by atoms with E-state index < -0.39 is 17.7 Å². The van der Waals surface area contributed by atoms with Crippen molar-refractivity contribution in [1.82, 2.24) is 15.8 Å². The number of fused-ring (bicyclic) bond motifs is 1. The first-order valence-electron chi connectivity index (χ1n) is 9.06. The van der Waals surface area contributed by atoms with E-state index in [-0.39, 0.29) is 11.6 Å². The Bertz CT molecular complexity index is 1120. The van der Waals surface area contributed by atoms with Crippen molar-refractivity contribution in [2.75, 3.05) is 11.4 Å². The lowest BCUT2D eigenvalue weighted by Crippen LogP contribution is -2.46. The maximum Gasteiger partial charge on any atom is 0.288 e. The molecule has 2 heterocycles. The molecule has 2 aromatic carbocycles. The molecule has 1 aromatic heterocycles. The number of hydrogen-bond acceptors (Lipinski definition) is 4. The summed E-state index contributed by atoms with van der Waals surface area (Å²) in [4.78, 5) is 43.3. The van der Waals surface area contributed by atoms with E-state index in [0.29, 0.717) is 18.5 Å². The Morgan fingerprint density at radius 1 is 1.03 bits per heavy atom. The smallest absolute Gasteiger partial charge is 0.288 e. The molecule has 3 aromatic rings. The van der Waals surface area contributed by atoms with Gasteiger partial charge >= 0.3 is 0 Å². The number of aromatic nitrogens is 1. The second-order valence-electron chi connectivity index (χ2n) is 6.64. The number of hydrazine groups is 1. The standard InChI is InChI=1S/C21H17BrN4O3/c22-14-5-3-6-15(12-14)26-11-10-16(21(26)29)19(27)24-25-20(28)18-9-8-13-4-1-2-7-17(13)23-18/h1-9,12,16H,10-11H2,(H,24,27)(H,25,28). The Kier molecular flexibility index (Phi) is 5.26. The van der Waals surface area contributed by atoms with Gasteiger partial charge in [-0.1, -0.05) is 46.3 Å². The van der Waals surface area contributed by atoms with Crippen LogP contribution in [0.1, 0.15) is 16.9 Å². The molecule has 0 aliphatic carbocycles. The van der Waals surface area contributed by atoms with Crippen molar-refractivity contribution >= 4 is 50.2 Å². The number of para-hydroxylation sites is 1. The van der Waals surface area contributed by atoms with Crippen LogP contribution in [0.3, 0.4) is 0 Å². The summed E-state index contributed by atoms with van der Waals surface area (Å²) >= 11 is 3.38. The maximum absolute atomic E-state index is 12.6. The van der Waals surface area contributed by atoms with Crippen LogP contribution in [0.5, 0.6) is 0 Å². The van der Waals surface area contributed by atoms with Gasteiger partial charge in [0.05, 0.1) is 5.52 Å². The van der Waals surface area contributed by atoms with Crippen LogP contribution in [0.4, 0.5) is 5.69 Å². The number of pyridine rings is 1. The van der Waals surface area contributed by atoms with E-state index in [9.17, 15) is 14.4 Å². The number of benzene rings is 2. The lowest BCUT2D eigenvalue weighted by Gasteiger charge is -2.17. The molecule has 1 unspecified atom stereocenters. The van der Waals surface area contributed by atoms with Gasteiger partial charge in [0.25, 0.3) is 11.8 Å². The topological polar surface area (TPSA) is 91.4 Å². The maximum atomic E-state index is 12.6. The van der Waals surface area contributed by atoms with E-state index in [1.54, 1.807) is 23.1 Å². The highest BCUT2D eigenvalue weighted by atomic mass is 79.9. The Balaban J connectivity index is 1.39. The lowest BCUT2D eigenvalue weighted by molar-refractivity contribution is -0.132. The summed E-state index contributed by atoms with van der Waals surface area (Å²) < 4.78 is 0.853. The monoisotopic (exact) mass is 452 g/mol. The number of carbonyl (C=O) groups excluding carboxylic acids is 3. The predicted octanol–water partition coefficient (Wildman–Crippen LogP) is 2.81. The number of rotatable bonds is 3. The van der Waals surface area contributed by atoms with Gasteiger partial charge in [-0.15, -0.1) is 0 Å². The molecule has 0 bridgehead atoms. The van der Waals surface area contributed by atoms with Crippen molar-refractivity contribution < 1.29 is 14.4 Å². The number of anilines is 1. The average Bonchev–Trinajstić information content (AvgIpc) is 3.12. The minimum atomic E-state index is -0.848. The van der Waals surface area contributed by atoms with Gasteiger partial charge in [0.15, 0.2) is 0 Å². The average molecular weight is 453 g/mol. The first-order valence-corrected chi connectivity index (χ1v) is 9.85. The third-order valence-corrected chi connectivity index (χ3v) is 5.27. The number of hydrogen-bond donors (Lipinski definition) is 2. The van der Waals surface area contributed by atoms with Gasteiger partial charge in [0, 0.05) is 22.1 Å². The molecule has 1 atom stereocenters. The molecule has 0 saturated carbocycles. The highest BCUT2D eigenvalue weighted by Crippen LogP contribution is 2.27. The highest BCUT2D eigenvalue weighted by Gasteiger charge is 2.37. The molecule has 7 nitrogen and oxygen atoms in total. The Morgan fingerprint density at radius 3 is 2.69 bits per heavy atom. The largest absolute Gasteiger partial charge is 0.312 e. The van der Waals surface area contributed by atoms with E-state index in [0.717, 1.165) is 15.5 Å². The zero-order chi connectivity index (χ0) is 20.4. The molecule has 1 aliphatic rings. The number of carbonyl (C=O) groups is 3. The third-order valence-electron chi connectivity index (χ3n) is 4.77. The fraction of sp³-hybridized carbons (Fsp3) is 0.143. The zero-order valence-corrected chi connectivity index (χ0v) is 16.8. The highest BCUT2D eigenvalue weighted by molar-refractivity contribution is 9.10. The minimum absolute atomic E-state index is 0.178. The van der Waals surface area contributed by atoms with Gasteiger partial charge < -0.3 is 4.90 Å². The summed E-state index contributed by atoms with van der Waals surface area (Å²) in [7, 11) is 0. The Morgan fingerprint density at radius 2 is 1.86 bits per heavy atom. The molecule has 29 heavy (non-hydrogen) atoms. The first-order chi connectivity index (χ1) is 14.0. The van der Waals surface area contributed by atoms with Crippen molar-refractivity contribution in [3.8, 4) is 0 Å². The van der Waals surface area contributed by atoms with Crippen LogP contribution in [0.15, 0.2) is 65.1 Å². The van der Waals surface area contributed by atoms with Crippen molar-refractivity contribution in [3.05, 3.63) is 70.8 Å². The summed E-state index contributed by atoms with van der Waals surface area (Å²) in [6.07, 6.45) is 0.376. The van der Waals surface area contributed by atoms with Crippen molar-refractivity contribution in [3.63, 3.8) is 0 Å². The molecular formula is C21H17BrN4O3. The van der Waals surface area contributed by atoms with Gasteiger partial charge in [-0.25, -0.2) is 4.98 Å². The van der Waals surface area contributed by atoms with E-state index in [4.69, 9.17) is 0 Å². The molecule has 1 saturated heterocycles. The molecule has 0 radical (unpaired) electrons. The Hall–Kier alpha value is -3.26. The van der Waals surface area contributed by atoms with Crippen LogP contribution < -0.4 is 15.8 Å². The number of nitrogens with zero attached hydrogens (tertiary/aromatic N) is 2. The fourth-order valence-electron chi connectivity index (χ4n) is 3.29. The zero-order valence-electron chi connectivity index (χ0n) is 15.3. The molecule has 0 spiro atoms. The van der Waals surface area contributed by atoms with E-state index in [1.807, 2.05) is 42.5 Å². The quantitative estimate of drug-likeness (QED) is 0.472. The number of amides is 3. The minimum Gasteiger partial charge on any atom is -0.312 e. The SMILES string of the molecule is O=C(NNC(=O)C1CCN(c2cccc(Br)c2)C1=O)c1ccc2ccccc2n1. The number of nitrogens with one attached hydrogen (secondary N) is 2. The van der Waals surface area contributed by atoms with Gasteiger partial charge in [-0.3, -0.25) is 25.2 Å². The second kappa shape index (κ2) is 8.00. The van der Waals surface area contributed by atoms with Crippen LogP contribution >= 0.6 is 15.9 Å². The summed E-state index contributed by atoms with van der Waals surface area (Å²) in [5.41, 5.74) is 6.28. The first kappa shape index (κ1) is 19.1. The molecule has 4 rings (SSSR count). The normalized spacial score (nSPS) is 16.1. The summed E-state index contributed by atoms with van der Waals surface area (Å²) in [5.74, 6) is -2.22. The van der Waals surface area contributed by atoms with Gasteiger partial charge in [-0.2, -0.15) is 0 Å². The van der Waals surface area contributed by atoms with Crippen LogP contribution in [-0.2, 0) is 9.59 Å². The van der Waals surface area contributed by atoms with Gasteiger partial charge in [0.1, 0.15) is 11.6 Å². The fourth-order valence-corrected chi connectivity index (χ4v) is 3.67. The lowest BCUT2D eigenvalue weighted by atomic mass is 10.1. The molecule has 8 heteroatoms. The van der Waals surface area contributed by atoms with E-state index in [2.05, 4.69) is 31.8 Å². The Labute approximate surface area is 175 Å². The van der Waals surface area contributed by atoms with Crippen LogP contribution in [0.25, 0.3) is 10.9 Å². The molecule has 146 valence electrons. The van der Waals surface area contributed by atoms with Crippen LogP contribution in [-0.4, -0.2) is 29.3 Å². The molecule has 2 N–H and O–H groups in total. The van der Waals surface area contributed by atoms with Gasteiger partial charge in [0.2, 0.25) is 5.91 Å². The number of halogens is 1. The second-order valence-corrected chi connectivity index (χ2v) is 7.56. The molecule has 1 fully saturated rings. The van der Waals surface area contributed by atoms with Gasteiger partial charge in [-0.05, 0) is 36.8 Å². The third kappa shape index (κ3) is 3.97. The van der Waals surface area contributed by atoms with Crippen molar-refractivity contribution in [2.45, 2.75) is 6.42 Å². The van der Waals surface area contributed by atoms with Crippen LogP contribution in [0, 0.1) is 5.92 Å². The summed E-state index contributed by atoms with van der Waals surface area (Å²) in [5, 5.41) is 0.914.